The lowest BCUT2D eigenvalue weighted by Crippen LogP contribution is -2.87. The van der Waals surface area contributed by atoms with Gasteiger partial charge in [0.2, 0.25) is 0 Å². The molecule has 8 unspecified atom stereocenters. The molecule has 13 nitrogen and oxygen atoms in total. The van der Waals surface area contributed by atoms with Crippen molar-refractivity contribution in [1.29, 1.82) is 0 Å². The highest BCUT2D eigenvalue weighted by atomic mass is 29.3. The first-order valence-electron chi connectivity index (χ1n) is 23.4. The van der Waals surface area contributed by atoms with Crippen LogP contribution < -0.4 is 0 Å². The molecular weight excluding hydrogens is 853 g/mol. The molecule has 56 heavy (non-hydrogen) atoms. The van der Waals surface area contributed by atoms with Crippen LogP contribution in [0.15, 0.2) is 0 Å². The molecule has 0 spiro atoms. The number of rotatable bonds is 7. The van der Waals surface area contributed by atoms with E-state index in [2.05, 4.69) is 0 Å². The summed E-state index contributed by atoms with van der Waals surface area (Å²) in [4.78, 5) is 13.8. The molecular formula is C35H64O13Si8. The van der Waals surface area contributed by atoms with Gasteiger partial charge in [-0.15, -0.1) is 0 Å². The van der Waals surface area contributed by atoms with Crippen LogP contribution in [0.25, 0.3) is 0 Å². The minimum absolute atomic E-state index is 0.0000748. The molecule has 7 aliphatic carbocycles. The molecule has 12 fully saturated rings. The third-order valence-corrected chi connectivity index (χ3v) is 60.7. The van der Waals surface area contributed by atoms with Gasteiger partial charge in [0.25, 0.3) is 0 Å². The van der Waals surface area contributed by atoms with Gasteiger partial charge in [-0.05, 0) is 89.9 Å². The van der Waals surface area contributed by atoms with E-state index in [1.54, 1.807) is 0 Å². The number of fused-ring (bicyclic) bond motifs is 3. The van der Waals surface area contributed by atoms with Crippen LogP contribution >= 0.6 is 0 Å². The second-order valence-electron chi connectivity index (χ2n) is 19.9. The maximum absolute atomic E-state index is 13.8. The third-order valence-electron chi connectivity index (χ3n) is 16.7. The van der Waals surface area contributed by atoms with Crippen molar-refractivity contribution in [1.82, 2.24) is 0 Å². The van der Waals surface area contributed by atoms with Gasteiger partial charge in [0.15, 0.2) is 0 Å². The van der Waals surface area contributed by atoms with Gasteiger partial charge in [0, 0.05) is 38.8 Å². The van der Waals surface area contributed by atoms with Crippen molar-refractivity contribution in [2.75, 3.05) is 0 Å². The first-order valence-corrected chi connectivity index (χ1v) is 38.8. The summed E-state index contributed by atoms with van der Waals surface area (Å²) in [7, 11) is -32.5. The van der Waals surface area contributed by atoms with Crippen LogP contribution in [0.3, 0.4) is 0 Å². The van der Waals surface area contributed by atoms with Crippen LogP contribution in [0.5, 0.6) is 0 Å². The highest BCUT2D eigenvalue weighted by Crippen LogP contribution is 2.67. The van der Waals surface area contributed by atoms with Crippen molar-refractivity contribution in [2.45, 2.75) is 219 Å². The van der Waals surface area contributed by atoms with Gasteiger partial charge in [0.05, 0.1) is 0 Å². The molecule has 5 saturated heterocycles. The Morgan fingerprint density at radius 2 is 0.518 bits per heavy atom. The maximum atomic E-state index is 13.8. The zero-order valence-corrected chi connectivity index (χ0v) is 41.2. The highest BCUT2D eigenvalue weighted by Gasteiger charge is 2.91. The fraction of sp³-hybridized carbons (Fsp3) is 1.00. The molecule has 8 atom stereocenters. The van der Waals surface area contributed by atoms with Crippen LogP contribution in [-0.4, -0.2) is 74.0 Å². The fourth-order valence-electron chi connectivity index (χ4n) is 13.9. The Morgan fingerprint density at radius 3 is 0.929 bits per heavy atom. The summed E-state index contributed by atoms with van der Waals surface area (Å²) in [6.45, 7) is 0. The average Bonchev–Trinajstić information content (AvgIpc) is 4.04. The van der Waals surface area contributed by atoms with Crippen molar-refractivity contribution in [3.8, 4) is 0 Å². The lowest BCUT2D eigenvalue weighted by molar-refractivity contribution is -0.186. The smallest absolute Gasteiger partial charge is 0.393 e. The van der Waals surface area contributed by atoms with Crippen molar-refractivity contribution in [3.05, 3.63) is 0 Å². The van der Waals surface area contributed by atoms with Crippen LogP contribution in [0.1, 0.15) is 180 Å². The molecule has 0 radical (unpaired) electrons. The number of hydrogen-bond donors (Lipinski definition) is 1. The van der Waals surface area contributed by atoms with E-state index in [-0.39, 0.29) is 38.8 Å². The fourth-order valence-corrected chi connectivity index (χ4v) is 76.1. The van der Waals surface area contributed by atoms with E-state index >= 15 is 0 Å². The lowest BCUT2D eigenvalue weighted by Gasteiger charge is -2.60. The van der Waals surface area contributed by atoms with Gasteiger partial charge in [0.1, 0.15) is 0 Å². The van der Waals surface area contributed by atoms with Crippen molar-refractivity contribution < 1.29 is 55.1 Å². The molecule has 12 rings (SSSR count). The van der Waals surface area contributed by atoms with Crippen LogP contribution in [0.2, 0.25) is 38.8 Å². The monoisotopic (exact) mass is 916 g/mol. The Labute approximate surface area is 341 Å². The lowest BCUT2D eigenvalue weighted by atomic mass is 10.4. The average molecular weight is 918 g/mol. The molecule has 5 aliphatic heterocycles. The van der Waals surface area contributed by atoms with E-state index in [1.807, 2.05) is 0 Å². The van der Waals surface area contributed by atoms with Crippen LogP contribution in [-0.2, 0) is 50.3 Å². The predicted octanol–water partition coefficient (Wildman–Crippen LogP) is 8.86. The van der Waals surface area contributed by atoms with Crippen molar-refractivity contribution in [2.24, 2.45) is 0 Å². The quantitative estimate of drug-likeness (QED) is 0.193. The minimum atomic E-state index is -4.75. The van der Waals surface area contributed by atoms with Gasteiger partial charge < -0.3 is 45.9 Å². The topological polar surface area (TPSA) is 131 Å². The third kappa shape index (κ3) is 5.74. The van der Waals surface area contributed by atoms with Gasteiger partial charge >= 0.3 is 69.2 Å². The molecule has 314 valence electrons. The maximum Gasteiger partial charge on any atom is 0.652 e. The summed E-state index contributed by atoms with van der Waals surface area (Å²) in [5.41, 5.74) is -0.0356. The first-order chi connectivity index (χ1) is 27.3. The summed E-state index contributed by atoms with van der Waals surface area (Å²) < 4.78 is 95.7. The molecule has 12 aliphatic rings. The van der Waals surface area contributed by atoms with E-state index in [9.17, 15) is 4.80 Å². The Morgan fingerprint density at radius 1 is 0.250 bits per heavy atom. The van der Waals surface area contributed by atoms with Gasteiger partial charge in [-0.3, -0.25) is 4.58 Å². The summed E-state index contributed by atoms with van der Waals surface area (Å²) in [6, 6.07) is 0. The first kappa shape index (κ1) is 38.9. The standard InChI is InChI=1S/C35H64O13Si8/c36-56-46-49(29-15-1-2-16-29)37-38-54(34-25-11-12-26-34)44-51(31-19-5-6-20-31)40-50(39-49,30-17-3-4-18-30)41-53(47-56,33-23-9-10-24-33)43-52(42-51,32-21-7-8-22-32)45-55(54,48-56)35-27-13-14-28-35/h29-36H,1-28H2. The molecule has 0 aromatic rings. The van der Waals surface area contributed by atoms with Crippen molar-refractivity contribution >= 4 is 69.2 Å². The Hall–Kier alpha value is 1.22. The van der Waals surface area contributed by atoms with Crippen LogP contribution in [0, 0.1) is 0 Å². The van der Waals surface area contributed by atoms with Gasteiger partial charge in [-0.1, -0.05) is 89.9 Å². The van der Waals surface area contributed by atoms with E-state index < -0.39 is 69.2 Å². The molecule has 7 saturated carbocycles. The van der Waals surface area contributed by atoms with E-state index in [4.69, 9.17) is 50.3 Å². The van der Waals surface area contributed by atoms with E-state index in [0.29, 0.717) is 0 Å². The Bertz CT molecular complexity index is 1510. The second kappa shape index (κ2) is 14.1. The largest absolute Gasteiger partial charge is 0.652 e. The molecule has 0 amide bonds. The summed E-state index contributed by atoms with van der Waals surface area (Å²) in [5, 5.41) is 0. The SMILES string of the molecule is O[Si]12O[Si]3(C4CCCC4)OO[Si]4(C5CCCC5)O[Si]5(C6CCCC6)O[Si](C6CCCC6)(O3)O[Si](C3CCCC3)(O1)O[Si](C1CCCC1)(O5)O[Si]4(C1CCCC1)O2. The molecule has 0 aromatic carbocycles. The summed E-state index contributed by atoms with van der Waals surface area (Å²) in [5.74, 6) is 0. The molecule has 21 heteroatoms. The minimum Gasteiger partial charge on any atom is -0.393 e. The molecule has 0 aromatic heterocycles. The van der Waals surface area contributed by atoms with Crippen molar-refractivity contribution in [3.63, 3.8) is 0 Å². The Kier molecular flexibility index (Phi) is 9.79. The second-order valence-corrected chi connectivity index (χ2v) is 48.1. The van der Waals surface area contributed by atoms with Crippen LogP contribution in [0.4, 0.5) is 0 Å². The summed E-state index contributed by atoms with van der Waals surface area (Å²) in [6.07, 6.45) is 28.0. The zero-order chi connectivity index (χ0) is 37.3. The molecule has 5 heterocycles. The van der Waals surface area contributed by atoms with Gasteiger partial charge in [-0.25, -0.2) is 4.58 Å². The molecule has 7 bridgehead atoms. The Balaban J connectivity index is 1.20. The summed E-state index contributed by atoms with van der Waals surface area (Å²) >= 11 is 0. The normalized spacial score (nSPS) is 51.4. The highest BCUT2D eigenvalue weighted by molar-refractivity contribution is 7.37. The van der Waals surface area contributed by atoms with E-state index in [1.165, 1.54) is 0 Å². The van der Waals surface area contributed by atoms with E-state index in [0.717, 1.165) is 180 Å². The van der Waals surface area contributed by atoms with Gasteiger partial charge in [-0.2, -0.15) is 0 Å². The number of hydrogen-bond acceptors (Lipinski definition) is 13. The molecule has 1 N–H and O–H groups in total. The zero-order valence-electron chi connectivity index (χ0n) is 33.2. The predicted molar refractivity (Wildman–Crippen MR) is 217 cm³/mol.